The van der Waals surface area contributed by atoms with Crippen LogP contribution in [0.5, 0.6) is 0 Å². The van der Waals surface area contributed by atoms with Gasteiger partial charge in [-0.15, -0.1) is 11.8 Å². The second-order valence-corrected chi connectivity index (χ2v) is 9.75. The molecule has 2 saturated heterocycles. The maximum Gasteiger partial charge on any atom is 0.321 e. The molecule has 0 unspecified atom stereocenters. The minimum absolute atomic E-state index is 0.0758. The van der Waals surface area contributed by atoms with Crippen LogP contribution in [-0.2, 0) is 4.79 Å². The number of anilines is 2. The minimum Gasteiger partial charge on any atom is -0.342 e. The molecule has 0 aliphatic carbocycles. The van der Waals surface area contributed by atoms with Crippen LogP contribution in [0.1, 0.15) is 48.9 Å². The summed E-state index contributed by atoms with van der Waals surface area (Å²) in [5.74, 6) is 0.226. The lowest BCUT2D eigenvalue weighted by molar-refractivity contribution is -0.127. The van der Waals surface area contributed by atoms with Gasteiger partial charge in [0.05, 0.1) is 11.3 Å². The van der Waals surface area contributed by atoms with E-state index in [1.807, 2.05) is 28.0 Å². The number of amides is 4. The Bertz CT molecular complexity index is 997. The van der Waals surface area contributed by atoms with Crippen LogP contribution in [0.4, 0.5) is 16.2 Å². The van der Waals surface area contributed by atoms with Crippen molar-refractivity contribution in [1.82, 2.24) is 9.80 Å². The van der Waals surface area contributed by atoms with Crippen molar-refractivity contribution >= 4 is 41.0 Å². The molecule has 4 rings (SSSR count). The molecule has 2 fully saturated rings. The van der Waals surface area contributed by atoms with Crippen LogP contribution in [-0.4, -0.2) is 59.6 Å². The van der Waals surface area contributed by atoms with E-state index >= 15 is 0 Å². The molecule has 2 N–H and O–H groups in total. The van der Waals surface area contributed by atoms with Crippen molar-refractivity contribution in [2.45, 2.75) is 43.4 Å². The number of nitrogens with zero attached hydrogens (tertiary/aromatic N) is 2. The number of urea groups is 1. The largest absolute Gasteiger partial charge is 0.342 e. The maximum absolute atomic E-state index is 12.9. The van der Waals surface area contributed by atoms with E-state index in [1.54, 1.807) is 30.3 Å². The van der Waals surface area contributed by atoms with Crippen LogP contribution in [0.15, 0.2) is 53.4 Å². The molecule has 0 radical (unpaired) electrons. The predicted molar refractivity (Wildman–Crippen MR) is 136 cm³/mol. The third-order valence-corrected chi connectivity index (χ3v) is 7.29. The predicted octanol–water partition coefficient (Wildman–Crippen LogP) is 5.06. The third-order valence-electron chi connectivity index (χ3n) is 6.23. The Labute approximate surface area is 205 Å². The summed E-state index contributed by atoms with van der Waals surface area (Å²) in [5.41, 5.74) is 1.88. The van der Waals surface area contributed by atoms with Crippen LogP contribution in [0, 0.1) is 0 Å². The lowest BCUT2D eigenvalue weighted by atomic mass is 10.2. The average Bonchev–Trinajstić information content (AvgIpc) is 3.26. The molecular weight excluding hydrogens is 448 g/mol. The first-order chi connectivity index (χ1) is 16.6. The summed E-state index contributed by atoms with van der Waals surface area (Å²) in [7, 11) is 0. The second-order valence-electron chi connectivity index (χ2n) is 8.74. The van der Waals surface area contributed by atoms with Crippen molar-refractivity contribution in [2.24, 2.45) is 0 Å². The molecule has 2 aliphatic rings. The van der Waals surface area contributed by atoms with Crippen molar-refractivity contribution in [3.8, 4) is 0 Å². The van der Waals surface area contributed by atoms with Gasteiger partial charge < -0.3 is 20.4 Å². The van der Waals surface area contributed by atoms with Gasteiger partial charge >= 0.3 is 6.03 Å². The topological polar surface area (TPSA) is 81.8 Å². The van der Waals surface area contributed by atoms with E-state index in [0.29, 0.717) is 22.7 Å². The number of benzene rings is 2. The van der Waals surface area contributed by atoms with Gasteiger partial charge in [-0.05, 0) is 62.1 Å². The number of hydrogen-bond acceptors (Lipinski definition) is 4. The van der Waals surface area contributed by atoms with Gasteiger partial charge in [-0.1, -0.05) is 25.0 Å². The number of nitrogens with one attached hydrogen (secondary N) is 2. The Morgan fingerprint density at radius 1 is 0.706 bits per heavy atom. The zero-order chi connectivity index (χ0) is 23.8. The normalized spacial score (nSPS) is 16.1. The first-order valence-electron chi connectivity index (χ1n) is 12.1. The number of hydrogen-bond donors (Lipinski definition) is 2. The monoisotopic (exact) mass is 480 g/mol. The van der Waals surface area contributed by atoms with E-state index in [1.165, 1.54) is 24.6 Å². The van der Waals surface area contributed by atoms with Crippen LogP contribution in [0.3, 0.4) is 0 Å². The quantitative estimate of drug-likeness (QED) is 0.566. The molecule has 0 aromatic heterocycles. The Hall–Kier alpha value is -3.00. The molecule has 7 nitrogen and oxygen atoms in total. The highest BCUT2D eigenvalue weighted by atomic mass is 32.2. The number of likely N-dealkylation sites (tertiary alicyclic amines) is 2. The summed E-state index contributed by atoms with van der Waals surface area (Å²) in [5, 5.41) is 5.87. The smallest absolute Gasteiger partial charge is 0.321 e. The van der Waals surface area contributed by atoms with E-state index in [-0.39, 0.29) is 17.8 Å². The molecule has 2 aliphatic heterocycles. The van der Waals surface area contributed by atoms with Gasteiger partial charge in [-0.3, -0.25) is 9.59 Å². The fraction of sp³-hybridized carbons (Fsp3) is 0.423. The van der Waals surface area contributed by atoms with Crippen LogP contribution in [0.2, 0.25) is 0 Å². The molecule has 0 bridgehead atoms. The van der Waals surface area contributed by atoms with E-state index in [9.17, 15) is 14.4 Å². The number of rotatable bonds is 6. The maximum atomic E-state index is 12.9. The van der Waals surface area contributed by atoms with Gasteiger partial charge in [-0.25, -0.2) is 4.79 Å². The molecule has 2 heterocycles. The minimum atomic E-state index is -0.224. The first-order valence-corrected chi connectivity index (χ1v) is 13.1. The average molecular weight is 481 g/mol. The molecule has 2 aromatic carbocycles. The van der Waals surface area contributed by atoms with Crippen molar-refractivity contribution in [3.05, 3.63) is 54.1 Å². The summed E-state index contributed by atoms with van der Waals surface area (Å²) in [4.78, 5) is 42.4. The summed E-state index contributed by atoms with van der Waals surface area (Å²) in [6, 6.07) is 14.4. The Kier molecular flexibility index (Phi) is 8.46. The number of carbonyl (C=O) groups is 3. The lowest BCUT2D eigenvalue weighted by Gasteiger charge is -2.20. The summed E-state index contributed by atoms with van der Waals surface area (Å²) >= 11 is 1.40. The molecule has 2 aromatic rings. The van der Waals surface area contributed by atoms with Crippen LogP contribution >= 0.6 is 11.8 Å². The summed E-state index contributed by atoms with van der Waals surface area (Å²) < 4.78 is 0. The van der Waals surface area contributed by atoms with Gasteiger partial charge in [0, 0.05) is 42.4 Å². The number of thioether (sulfide) groups is 1. The van der Waals surface area contributed by atoms with Crippen molar-refractivity contribution in [2.75, 3.05) is 42.6 Å². The molecule has 0 atom stereocenters. The van der Waals surface area contributed by atoms with E-state index < -0.39 is 0 Å². The highest BCUT2D eigenvalue weighted by molar-refractivity contribution is 8.00. The van der Waals surface area contributed by atoms with Crippen LogP contribution in [0.25, 0.3) is 0 Å². The second kappa shape index (κ2) is 11.9. The Balaban J connectivity index is 1.32. The zero-order valence-electron chi connectivity index (χ0n) is 19.4. The van der Waals surface area contributed by atoms with Crippen molar-refractivity contribution in [1.29, 1.82) is 0 Å². The zero-order valence-corrected chi connectivity index (χ0v) is 20.2. The SMILES string of the molecule is O=C(Nc1ccc(NC(=O)N2CCCCCC2)cc1)c1ccccc1SCC(=O)N1CCCC1. The van der Waals surface area contributed by atoms with E-state index in [0.717, 1.165) is 56.8 Å². The third kappa shape index (κ3) is 6.53. The molecule has 8 heteroatoms. The Morgan fingerprint density at radius 2 is 1.26 bits per heavy atom. The molecule has 34 heavy (non-hydrogen) atoms. The van der Waals surface area contributed by atoms with Gasteiger partial charge in [0.1, 0.15) is 0 Å². The van der Waals surface area contributed by atoms with E-state index in [2.05, 4.69) is 10.6 Å². The molecular formula is C26H32N4O3S. The highest BCUT2D eigenvalue weighted by Crippen LogP contribution is 2.25. The van der Waals surface area contributed by atoms with Gasteiger partial charge in [0.15, 0.2) is 0 Å². The fourth-order valence-electron chi connectivity index (χ4n) is 4.29. The fourth-order valence-corrected chi connectivity index (χ4v) is 5.24. The van der Waals surface area contributed by atoms with Crippen LogP contribution < -0.4 is 10.6 Å². The molecule has 4 amide bonds. The van der Waals surface area contributed by atoms with Gasteiger partial charge in [-0.2, -0.15) is 0 Å². The van der Waals surface area contributed by atoms with Gasteiger partial charge in [0.25, 0.3) is 5.91 Å². The standard InChI is InChI=1S/C26H32N4O3S/c31-24(29-15-7-8-16-29)19-34-23-10-4-3-9-22(23)25(32)27-20-11-13-21(14-12-20)28-26(33)30-17-5-1-2-6-18-30/h3-4,9-14H,1-2,5-8,15-19H2,(H,27,32)(H,28,33). The molecule has 180 valence electrons. The first kappa shape index (κ1) is 24.1. The Morgan fingerprint density at radius 3 is 1.94 bits per heavy atom. The molecule has 0 saturated carbocycles. The van der Waals surface area contributed by atoms with Gasteiger partial charge in [0.2, 0.25) is 5.91 Å². The summed E-state index contributed by atoms with van der Waals surface area (Å²) in [6.07, 6.45) is 6.57. The lowest BCUT2D eigenvalue weighted by Crippen LogP contribution is -2.35. The van der Waals surface area contributed by atoms with Crippen molar-refractivity contribution < 1.29 is 14.4 Å². The van der Waals surface area contributed by atoms with E-state index in [4.69, 9.17) is 0 Å². The van der Waals surface area contributed by atoms with Crippen molar-refractivity contribution in [3.63, 3.8) is 0 Å². The number of carbonyl (C=O) groups excluding carboxylic acids is 3. The molecule has 0 spiro atoms. The highest BCUT2D eigenvalue weighted by Gasteiger charge is 2.19. The summed E-state index contributed by atoms with van der Waals surface area (Å²) in [6.45, 7) is 3.24.